The Hall–Kier alpha value is -1.31. The van der Waals surface area contributed by atoms with E-state index in [0.29, 0.717) is 24.3 Å². The fourth-order valence-corrected chi connectivity index (χ4v) is 4.06. The largest absolute Gasteiger partial charge is 0.352 e. The molecule has 0 radical (unpaired) electrons. The molecule has 1 saturated carbocycles. The van der Waals surface area contributed by atoms with Gasteiger partial charge in [-0.3, -0.25) is 9.79 Å². The zero-order valence-electron chi connectivity index (χ0n) is 16.8. The lowest BCUT2D eigenvalue weighted by molar-refractivity contribution is -0.116. The highest BCUT2D eigenvalue weighted by Crippen LogP contribution is 2.47. The van der Waals surface area contributed by atoms with Gasteiger partial charge in [0.1, 0.15) is 0 Å². The molecule has 150 valence electrons. The molecule has 1 saturated heterocycles. The molecule has 3 rings (SSSR count). The molecule has 6 heteroatoms. The molecule has 0 atom stereocenters. The second-order valence-electron chi connectivity index (χ2n) is 8.27. The summed E-state index contributed by atoms with van der Waals surface area (Å²) in [5.74, 6) is 1.43. The van der Waals surface area contributed by atoms with Crippen LogP contribution >= 0.6 is 24.0 Å². The first-order valence-corrected chi connectivity index (χ1v) is 9.84. The standard InChI is InChI=1S/C21H32N4O.HI/c1-16(2)12-19(26)24-18-7-4-6-17(13-18)14-23-20(22-3)25-11-10-21(15-25)8-5-9-21;/h4,6-7,13,16H,5,8-12,14-15H2,1-3H3,(H,22,23)(H,24,26);1H. The lowest BCUT2D eigenvalue weighted by Crippen LogP contribution is -2.42. The van der Waals surface area contributed by atoms with Crippen LogP contribution in [0.1, 0.15) is 51.5 Å². The van der Waals surface area contributed by atoms with E-state index in [1.807, 2.05) is 25.2 Å². The number of carbonyl (C=O) groups excluding carboxylic acids is 1. The highest BCUT2D eigenvalue weighted by atomic mass is 127. The van der Waals surface area contributed by atoms with Crippen molar-refractivity contribution in [2.45, 2.75) is 52.5 Å². The van der Waals surface area contributed by atoms with Crippen molar-refractivity contribution in [2.24, 2.45) is 16.3 Å². The van der Waals surface area contributed by atoms with Crippen molar-refractivity contribution in [1.29, 1.82) is 0 Å². The summed E-state index contributed by atoms with van der Waals surface area (Å²) in [6.07, 6.45) is 5.98. The van der Waals surface area contributed by atoms with E-state index in [-0.39, 0.29) is 29.9 Å². The van der Waals surface area contributed by atoms with Gasteiger partial charge in [-0.1, -0.05) is 32.4 Å². The number of nitrogens with one attached hydrogen (secondary N) is 2. The summed E-state index contributed by atoms with van der Waals surface area (Å²) >= 11 is 0. The Morgan fingerprint density at radius 2 is 2.07 bits per heavy atom. The third-order valence-electron chi connectivity index (χ3n) is 5.62. The van der Waals surface area contributed by atoms with Crippen molar-refractivity contribution in [3.05, 3.63) is 29.8 Å². The van der Waals surface area contributed by atoms with Crippen LogP contribution in [0.5, 0.6) is 0 Å². The van der Waals surface area contributed by atoms with Gasteiger partial charge in [-0.15, -0.1) is 24.0 Å². The number of hydrogen-bond donors (Lipinski definition) is 2. The smallest absolute Gasteiger partial charge is 0.224 e. The van der Waals surface area contributed by atoms with Gasteiger partial charge in [-0.05, 0) is 48.3 Å². The number of hydrogen-bond acceptors (Lipinski definition) is 2. The minimum Gasteiger partial charge on any atom is -0.352 e. The van der Waals surface area contributed by atoms with E-state index in [2.05, 4.69) is 40.4 Å². The molecule has 0 aromatic heterocycles. The molecule has 1 aliphatic carbocycles. The number of amides is 1. The molecule has 1 aromatic carbocycles. The second kappa shape index (κ2) is 9.75. The lowest BCUT2D eigenvalue weighted by atomic mass is 9.68. The van der Waals surface area contributed by atoms with Gasteiger partial charge in [0.2, 0.25) is 5.91 Å². The van der Waals surface area contributed by atoms with Crippen molar-refractivity contribution in [2.75, 3.05) is 25.5 Å². The summed E-state index contributed by atoms with van der Waals surface area (Å²) in [7, 11) is 1.86. The topological polar surface area (TPSA) is 56.7 Å². The molecule has 1 aromatic rings. The molecular formula is C21H33IN4O. The molecule has 5 nitrogen and oxygen atoms in total. The maximum atomic E-state index is 12.0. The molecule has 27 heavy (non-hydrogen) atoms. The average Bonchev–Trinajstić information content (AvgIpc) is 3.01. The van der Waals surface area contributed by atoms with Gasteiger partial charge in [-0.2, -0.15) is 0 Å². The maximum Gasteiger partial charge on any atom is 0.224 e. The zero-order chi connectivity index (χ0) is 18.6. The Morgan fingerprint density at radius 1 is 1.30 bits per heavy atom. The lowest BCUT2D eigenvalue weighted by Gasteiger charge is -2.38. The van der Waals surface area contributed by atoms with E-state index in [1.54, 1.807) is 0 Å². The fraction of sp³-hybridized carbons (Fsp3) is 0.619. The summed E-state index contributed by atoms with van der Waals surface area (Å²) in [6, 6.07) is 8.05. The number of anilines is 1. The van der Waals surface area contributed by atoms with Crippen molar-refractivity contribution in [1.82, 2.24) is 10.2 Å². The van der Waals surface area contributed by atoms with E-state index < -0.39 is 0 Å². The van der Waals surface area contributed by atoms with E-state index in [1.165, 1.54) is 25.7 Å². The Morgan fingerprint density at radius 3 is 2.67 bits per heavy atom. The summed E-state index contributed by atoms with van der Waals surface area (Å²) in [6.45, 7) is 7.06. The molecule has 2 N–H and O–H groups in total. The van der Waals surface area contributed by atoms with Crippen LogP contribution in [0, 0.1) is 11.3 Å². The van der Waals surface area contributed by atoms with Gasteiger partial charge < -0.3 is 15.5 Å². The predicted octanol–water partition coefficient (Wildman–Crippen LogP) is 4.24. The summed E-state index contributed by atoms with van der Waals surface area (Å²) in [5.41, 5.74) is 2.57. The molecule has 1 amide bonds. The third-order valence-corrected chi connectivity index (χ3v) is 5.62. The summed E-state index contributed by atoms with van der Waals surface area (Å²) in [4.78, 5) is 18.8. The van der Waals surface area contributed by atoms with Gasteiger partial charge >= 0.3 is 0 Å². The quantitative estimate of drug-likeness (QED) is 0.374. The molecule has 0 bridgehead atoms. The van der Waals surface area contributed by atoms with Crippen LogP contribution in [-0.2, 0) is 11.3 Å². The first kappa shape index (κ1) is 22.0. The number of aliphatic imine (C=N–C) groups is 1. The molecule has 1 aliphatic heterocycles. The predicted molar refractivity (Wildman–Crippen MR) is 123 cm³/mol. The maximum absolute atomic E-state index is 12.0. The van der Waals surface area contributed by atoms with E-state index in [0.717, 1.165) is 30.3 Å². The van der Waals surface area contributed by atoms with Crippen LogP contribution < -0.4 is 10.6 Å². The van der Waals surface area contributed by atoms with Gasteiger partial charge in [0.05, 0.1) is 0 Å². The zero-order valence-corrected chi connectivity index (χ0v) is 19.1. The van der Waals surface area contributed by atoms with Crippen molar-refractivity contribution >= 4 is 41.5 Å². The van der Waals surface area contributed by atoms with E-state index in [9.17, 15) is 4.79 Å². The van der Waals surface area contributed by atoms with Gasteiger partial charge in [-0.25, -0.2) is 0 Å². The minimum atomic E-state index is 0. The van der Waals surface area contributed by atoms with Crippen LogP contribution in [0.25, 0.3) is 0 Å². The Bertz CT molecular complexity index is 670. The van der Waals surface area contributed by atoms with Crippen molar-refractivity contribution in [3.8, 4) is 0 Å². The number of likely N-dealkylation sites (tertiary alicyclic amines) is 1. The first-order chi connectivity index (χ1) is 12.5. The van der Waals surface area contributed by atoms with Gasteiger partial charge in [0.15, 0.2) is 5.96 Å². The number of benzene rings is 1. The van der Waals surface area contributed by atoms with Crippen LogP contribution in [0.3, 0.4) is 0 Å². The van der Waals surface area contributed by atoms with Crippen LogP contribution in [0.2, 0.25) is 0 Å². The van der Waals surface area contributed by atoms with E-state index in [4.69, 9.17) is 0 Å². The number of rotatable bonds is 5. The van der Waals surface area contributed by atoms with Crippen molar-refractivity contribution < 1.29 is 4.79 Å². The molecule has 2 aliphatic rings. The Balaban J connectivity index is 0.00000261. The highest BCUT2D eigenvalue weighted by Gasteiger charge is 2.43. The van der Waals surface area contributed by atoms with Crippen molar-refractivity contribution in [3.63, 3.8) is 0 Å². The van der Waals surface area contributed by atoms with E-state index >= 15 is 0 Å². The number of carbonyl (C=O) groups is 1. The van der Waals surface area contributed by atoms with Crippen LogP contribution in [-0.4, -0.2) is 36.9 Å². The Kier molecular flexibility index (Phi) is 7.94. The number of nitrogens with zero attached hydrogens (tertiary/aromatic N) is 2. The van der Waals surface area contributed by atoms with Crippen LogP contribution in [0.15, 0.2) is 29.3 Å². The molecule has 1 spiro atoms. The first-order valence-electron chi connectivity index (χ1n) is 9.84. The average molecular weight is 484 g/mol. The fourth-order valence-electron chi connectivity index (χ4n) is 4.06. The monoisotopic (exact) mass is 484 g/mol. The number of guanidine groups is 1. The minimum absolute atomic E-state index is 0. The normalized spacial score (nSPS) is 18.2. The molecule has 1 heterocycles. The third kappa shape index (κ3) is 5.83. The second-order valence-corrected chi connectivity index (χ2v) is 8.27. The molecule has 2 fully saturated rings. The summed E-state index contributed by atoms with van der Waals surface area (Å²) < 4.78 is 0. The SMILES string of the molecule is CN=C(NCc1cccc(NC(=O)CC(C)C)c1)N1CCC2(CCC2)C1.I. The molecular weight excluding hydrogens is 451 g/mol. The summed E-state index contributed by atoms with van der Waals surface area (Å²) in [5, 5.41) is 6.48. The van der Waals surface area contributed by atoms with Gasteiger partial charge in [0, 0.05) is 38.8 Å². The Labute approximate surface area is 180 Å². The molecule has 0 unspecified atom stereocenters. The van der Waals surface area contributed by atoms with Gasteiger partial charge in [0.25, 0.3) is 0 Å². The van der Waals surface area contributed by atoms with Crippen LogP contribution in [0.4, 0.5) is 5.69 Å². The highest BCUT2D eigenvalue weighted by molar-refractivity contribution is 14.0. The number of halogens is 1.